The van der Waals surface area contributed by atoms with Crippen molar-refractivity contribution in [1.82, 2.24) is 5.32 Å². The van der Waals surface area contributed by atoms with Crippen molar-refractivity contribution >= 4 is 15.9 Å². The Morgan fingerprint density at radius 1 is 1.29 bits per heavy atom. The van der Waals surface area contributed by atoms with E-state index in [-0.39, 0.29) is 0 Å². The number of halogens is 1. The predicted molar refractivity (Wildman–Crippen MR) is 74.0 cm³/mol. The molecule has 0 saturated heterocycles. The van der Waals surface area contributed by atoms with Crippen LogP contribution in [-0.2, 0) is 0 Å². The minimum atomic E-state index is 0.642. The van der Waals surface area contributed by atoms with Crippen LogP contribution in [0, 0.1) is 0 Å². The zero-order valence-electron chi connectivity index (χ0n) is 10.5. The summed E-state index contributed by atoms with van der Waals surface area (Å²) in [7, 11) is 1.65. The molecule has 3 nitrogen and oxygen atoms in total. The average Bonchev–Trinajstić information content (AvgIpc) is 2.35. The van der Waals surface area contributed by atoms with E-state index in [1.54, 1.807) is 7.11 Å². The second-order valence-electron chi connectivity index (χ2n) is 3.72. The molecule has 1 rings (SSSR count). The minimum Gasteiger partial charge on any atom is -0.493 e. The highest BCUT2D eigenvalue weighted by atomic mass is 79.9. The number of hydrogen-bond acceptors (Lipinski definition) is 3. The van der Waals surface area contributed by atoms with Gasteiger partial charge in [-0.05, 0) is 41.0 Å². The van der Waals surface area contributed by atoms with Crippen molar-refractivity contribution in [2.45, 2.75) is 19.8 Å². The van der Waals surface area contributed by atoms with Crippen molar-refractivity contribution in [3.05, 3.63) is 22.7 Å². The maximum absolute atomic E-state index is 5.70. The zero-order valence-corrected chi connectivity index (χ0v) is 12.0. The first-order valence-corrected chi connectivity index (χ1v) is 6.75. The van der Waals surface area contributed by atoms with Gasteiger partial charge in [0, 0.05) is 6.54 Å². The van der Waals surface area contributed by atoms with Crippen molar-refractivity contribution in [1.29, 1.82) is 0 Å². The quantitative estimate of drug-likeness (QED) is 0.748. The number of methoxy groups -OCH3 is 1. The molecule has 0 fully saturated rings. The van der Waals surface area contributed by atoms with Gasteiger partial charge < -0.3 is 14.8 Å². The molecule has 0 heterocycles. The lowest BCUT2D eigenvalue weighted by molar-refractivity contribution is 0.290. The summed E-state index contributed by atoms with van der Waals surface area (Å²) in [5.74, 6) is 1.53. The van der Waals surface area contributed by atoms with Gasteiger partial charge in [-0.25, -0.2) is 0 Å². The third-order valence-corrected chi connectivity index (χ3v) is 3.01. The third kappa shape index (κ3) is 4.96. The molecule has 0 aromatic heterocycles. The van der Waals surface area contributed by atoms with E-state index >= 15 is 0 Å². The molecule has 1 aromatic rings. The van der Waals surface area contributed by atoms with Gasteiger partial charge in [0.25, 0.3) is 0 Å². The van der Waals surface area contributed by atoms with E-state index in [9.17, 15) is 0 Å². The van der Waals surface area contributed by atoms with E-state index in [0.29, 0.717) is 6.61 Å². The van der Waals surface area contributed by atoms with Crippen LogP contribution >= 0.6 is 15.9 Å². The molecule has 0 saturated carbocycles. The van der Waals surface area contributed by atoms with E-state index in [0.717, 1.165) is 29.1 Å². The molecule has 0 aliphatic carbocycles. The second-order valence-corrected chi connectivity index (χ2v) is 4.58. The number of ether oxygens (including phenoxy) is 2. The van der Waals surface area contributed by atoms with Gasteiger partial charge in [-0.15, -0.1) is 0 Å². The van der Waals surface area contributed by atoms with Crippen molar-refractivity contribution in [2.24, 2.45) is 0 Å². The first kappa shape index (κ1) is 14.3. The first-order valence-electron chi connectivity index (χ1n) is 5.95. The fraction of sp³-hybridized carbons (Fsp3) is 0.538. The zero-order chi connectivity index (χ0) is 12.5. The Balaban J connectivity index is 2.35. The lowest BCUT2D eigenvalue weighted by Gasteiger charge is -2.12. The number of nitrogens with one attached hydrogen (secondary N) is 1. The summed E-state index contributed by atoms with van der Waals surface area (Å²) in [6.07, 6.45) is 2.42. The lowest BCUT2D eigenvalue weighted by Crippen LogP contribution is -2.22. The van der Waals surface area contributed by atoms with Crippen LogP contribution < -0.4 is 14.8 Å². The van der Waals surface area contributed by atoms with Gasteiger partial charge in [0.2, 0.25) is 0 Å². The van der Waals surface area contributed by atoms with E-state index < -0.39 is 0 Å². The molecule has 17 heavy (non-hydrogen) atoms. The number of para-hydroxylation sites is 1. The SMILES string of the molecule is CCCCNCCOc1c(Br)cccc1OC. The highest BCUT2D eigenvalue weighted by molar-refractivity contribution is 9.10. The van der Waals surface area contributed by atoms with Gasteiger partial charge in [-0.3, -0.25) is 0 Å². The standard InChI is InChI=1S/C13H20BrNO2/c1-3-4-8-15-9-10-17-13-11(14)6-5-7-12(13)16-2/h5-7,15H,3-4,8-10H2,1-2H3. The molecule has 96 valence electrons. The predicted octanol–water partition coefficient (Wildman–Crippen LogP) is 3.23. The second kappa shape index (κ2) is 8.37. The summed E-state index contributed by atoms with van der Waals surface area (Å²) >= 11 is 3.46. The van der Waals surface area contributed by atoms with Gasteiger partial charge in [0.1, 0.15) is 6.61 Å². The first-order chi connectivity index (χ1) is 8.29. The highest BCUT2D eigenvalue weighted by Gasteiger charge is 2.07. The summed E-state index contributed by atoms with van der Waals surface area (Å²) in [4.78, 5) is 0. The summed E-state index contributed by atoms with van der Waals surface area (Å²) in [6.45, 7) is 4.73. The van der Waals surface area contributed by atoms with Crippen LogP contribution in [0.2, 0.25) is 0 Å². The lowest BCUT2D eigenvalue weighted by atomic mass is 10.3. The molecule has 0 atom stereocenters. The fourth-order valence-electron chi connectivity index (χ4n) is 1.44. The maximum Gasteiger partial charge on any atom is 0.175 e. The van der Waals surface area contributed by atoms with E-state index in [2.05, 4.69) is 28.2 Å². The molecule has 0 radical (unpaired) electrons. The Morgan fingerprint density at radius 2 is 2.12 bits per heavy atom. The Bertz CT molecular complexity index is 331. The molecule has 0 amide bonds. The number of benzene rings is 1. The molecule has 0 spiro atoms. The Hall–Kier alpha value is -0.740. The topological polar surface area (TPSA) is 30.5 Å². The van der Waals surface area contributed by atoms with Crippen LogP contribution in [0.1, 0.15) is 19.8 Å². The van der Waals surface area contributed by atoms with Crippen molar-refractivity contribution < 1.29 is 9.47 Å². The Labute approximate surface area is 112 Å². The maximum atomic E-state index is 5.70. The molecule has 0 aliphatic heterocycles. The van der Waals surface area contributed by atoms with Crippen molar-refractivity contribution in [2.75, 3.05) is 26.8 Å². The Kier molecular flexibility index (Phi) is 7.05. The highest BCUT2D eigenvalue weighted by Crippen LogP contribution is 2.34. The molecule has 0 aliphatic rings. The van der Waals surface area contributed by atoms with Gasteiger partial charge in [0.05, 0.1) is 11.6 Å². The van der Waals surface area contributed by atoms with Gasteiger partial charge in [-0.2, -0.15) is 0 Å². The monoisotopic (exact) mass is 301 g/mol. The molecule has 4 heteroatoms. The van der Waals surface area contributed by atoms with Crippen LogP contribution in [0.25, 0.3) is 0 Å². The van der Waals surface area contributed by atoms with Gasteiger partial charge in [-0.1, -0.05) is 19.4 Å². The smallest absolute Gasteiger partial charge is 0.175 e. The Morgan fingerprint density at radius 3 is 2.82 bits per heavy atom. The van der Waals surface area contributed by atoms with Crippen molar-refractivity contribution in [3.63, 3.8) is 0 Å². The summed E-state index contributed by atoms with van der Waals surface area (Å²) in [5.41, 5.74) is 0. The number of unbranched alkanes of at least 4 members (excludes halogenated alkanes) is 1. The third-order valence-electron chi connectivity index (χ3n) is 2.38. The summed E-state index contributed by atoms with van der Waals surface area (Å²) in [5, 5.41) is 3.33. The normalized spacial score (nSPS) is 10.3. The van der Waals surface area contributed by atoms with E-state index in [1.807, 2.05) is 18.2 Å². The molecule has 0 unspecified atom stereocenters. The van der Waals surface area contributed by atoms with Gasteiger partial charge >= 0.3 is 0 Å². The van der Waals surface area contributed by atoms with Crippen LogP contribution in [0.4, 0.5) is 0 Å². The minimum absolute atomic E-state index is 0.642. The molecule has 1 N–H and O–H groups in total. The molecular weight excluding hydrogens is 282 g/mol. The fourth-order valence-corrected chi connectivity index (χ4v) is 1.90. The number of hydrogen-bond donors (Lipinski definition) is 1. The molecular formula is C13H20BrNO2. The largest absolute Gasteiger partial charge is 0.493 e. The summed E-state index contributed by atoms with van der Waals surface area (Å²) in [6, 6.07) is 5.77. The van der Waals surface area contributed by atoms with Crippen molar-refractivity contribution in [3.8, 4) is 11.5 Å². The van der Waals surface area contributed by atoms with E-state index in [1.165, 1.54) is 12.8 Å². The van der Waals surface area contributed by atoms with Gasteiger partial charge in [0.15, 0.2) is 11.5 Å². The van der Waals surface area contributed by atoms with Crippen LogP contribution in [0.3, 0.4) is 0 Å². The average molecular weight is 302 g/mol. The number of rotatable bonds is 8. The molecule has 0 bridgehead atoms. The summed E-state index contributed by atoms with van der Waals surface area (Å²) < 4.78 is 11.9. The molecule has 1 aromatic carbocycles. The van der Waals surface area contributed by atoms with Crippen LogP contribution in [0.5, 0.6) is 11.5 Å². The van der Waals surface area contributed by atoms with E-state index in [4.69, 9.17) is 9.47 Å². The van der Waals surface area contributed by atoms with Crippen LogP contribution in [-0.4, -0.2) is 26.8 Å². The van der Waals surface area contributed by atoms with Crippen LogP contribution in [0.15, 0.2) is 22.7 Å².